The lowest BCUT2D eigenvalue weighted by atomic mass is 10.0. The SMILES string of the molecule is CC(=O)N[C@@H](Cc1c[nH]c2ccccc12)C(=O)NCCCC[C@@H](CO)N(CC(C)C)S(=O)(=O)c1ccc(N)cc1. The molecule has 1 heterocycles. The van der Waals surface area contributed by atoms with E-state index in [1.807, 2.05) is 44.3 Å². The van der Waals surface area contributed by atoms with E-state index in [9.17, 15) is 23.1 Å². The normalized spacial score (nSPS) is 13.4. The zero-order valence-electron chi connectivity index (χ0n) is 23.4. The zero-order chi connectivity index (χ0) is 29.3. The summed E-state index contributed by atoms with van der Waals surface area (Å²) in [6, 6.07) is 12.5. The number of nitrogens with one attached hydrogen (secondary N) is 3. The third kappa shape index (κ3) is 8.30. The van der Waals surface area contributed by atoms with Crippen molar-refractivity contribution in [3.63, 3.8) is 0 Å². The fourth-order valence-electron chi connectivity index (χ4n) is 4.72. The summed E-state index contributed by atoms with van der Waals surface area (Å²) in [6.45, 7) is 5.54. The number of rotatable bonds is 15. The van der Waals surface area contributed by atoms with Crippen LogP contribution >= 0.6 is 0 Å². The molecule has 0 aliphatic heterocycles. The maximum absolute atomic E-state index is 13.4. The van der Waals surface area contributed by atoms with Gasteiger partial charge in [-0.05, 0) is 54.7 Å². The van der Waals surface area contributed by atoms with Gasteiger partial charge in [0.05, 0.1) is 11.5 Å². The molecule has 218 valence electrons. The van der Waals surface area contributed by atoms with Gasteiger partial charge in [-0.3, -0.25) is 9.59 Å². The maximum Gasteiger partial charge on any atom is 0.243 e. The molecule has 10 nitrogen and oxygen atoms in total. The van der Waals surface area contributed by atoms with E-state index in [1.54, 1.807) is 12.1 Å². The molecule has 0 saturated heterocycles. The number of hydrogen-bond donors (Lipinski definition) is 5. The second kappa shape index (κ2) is 14.3. The van der Waals surface area contributed by atoms with Gasteiger partial charge in [0.2, 0.25) is 21.8 Å². The first-order valence-electron chi connectivity index (χ1n) is 13.6. The largest absolute Gasteiger partial charge is 0.399 e. The minimum absolute atomic E-state index is 0.0553. The number of aliphatic hydroxyl groups is 1. The number of anilines is 1. The monoisotopic (exact) mass is 571 g/mol. The Bertz CT molecular complexity index is 1370. The summed E-state index contributed by atoms with van der Waals surface area (Å²) in [5.74, 6) is -0.523. The van der Waals surface area contributed by atoms with Gasteiger partial charge < -0.3 is 26.5 Å². The number of unbranched alkanes of at least 4 members (excludes halogenated alkanes) is 1. The highest BCUT2D eigenvalue weighted by atomic mass is 32.2. The summed E-state index contributed by atoms with van der Waals surface area (Å²) in [6.07, 6.45) is 3.79. The fourth-order valence-corrected chi connectivity index (χ4v) is 6.53. The predicted octanol–water partition coefficient (Wildman–Crippen LogP) is 2.79. The standard InChI is InChI=1S/C29H41N5O5S/c1-20(2)18-34(40(38,39)25-13-11-23(30)12-14-25)24(19-35)8-6-7-15-31-29(37)28(33-21(3)36)16-22-17-32-27-10-5-4-9-26(22)27/h4-5,9-14,17,20,24,28,32,35H,6-8,15-16,18-19,30H2,1-3H3,(H,31,37)(H,33,36)/t24-,28-/m0/s1. The molecule has 11 heteroatoms. The Morgan fingerprint density at radius 2 is 1.77 bits per heavy atom. The van der Waals surface area contributed by atoms with E-state index in [4.69, 9.17) is 5.73 Å². The highest BCUT2D eigenvalue weighted by Gasteiger charge is 2.31. The number of nitrogens with two attached hydrogens (primary N) is 1. The van der Waals surface area contributed by atoms with Crippen molar-refractivity contribution in [1.82, 2.24) is 19.9 Å². The van der Waals surface area contributed by atoms with Gasteiger partial charge in [0, 0.05) is 55.3 Å². The Morgan fingerprint density at radius 1 is 1.07 bits per heavy atom. The van der Waals surface area contributed by atoms with Crippen LogP contribution in [-0.2, 0) is 26.0 Å². The summed E-state index contributed by atoms with van der Waals surface area (Å²) < 4.78 is 28.2. The molecule has 0 spiro atoms. The number of carbonyl (C=O) groups is 2. The van der Waals surface area contributed by atoms with Gasteiger partial charge in [-0.1, -0.05) is 38.5 Å². The summed E-state index contributed by atoms with van der Waals surface area (Å²) >= 11 is 0. The van der Waals surface area contributed by atoms with Gasteiger partial charge in [-0.25, -0.2) is 8.42 Å². The molecule has 2 atom stereocenters. The van der Waals surface area contributed by atoms with E-state index in [-0.39, 0.29) is 35.8 Å². The van der Waals surface area contributed by atoms with Gasteiger partial charge in [-0.2, -0.15) is 4.31 Å². The Hall–Kier alpha value is -3.41. The number of nitrogens with zero attached hydrogens (tertiary/aromatic N) is 1. The quantitative estimate of drug-likeness (QED) is 0.139. The number of benzene rings is 2. The molecule has 0 radical (unpaired) electrons. The lowest BCUT2D eigenvalue weighted by Crippen LogP contribution is -2.47. The topological polar surface area (TPSA) is 158 Å². The van der Waals surface area contributed by atoms with Crippen molar-refractivity contribution in [2.45, 2.75) is 63.4 Å². The second-order valence-electron chi connectivity index (χ2n) is 10.5. The summed E-state index contributed by atoms with van der Waals surface area (Å²) in [5.41, 5.74) is 8.09. The first-order chi connectivity index (χ1) is 19.0. The van der Waals surface area contributed by atoms with Gasteiger partial charge in [0.25, 0.3) is 0 Å². The molecular weight excluding hydrogens is 530 g/mol. The van der Waals surface area contributed by atoms with Gasteiger partial charge >= 0.3 is 0 Å². The number of hydrogen-bond acceptors (Lipinski definition) is 6. The highest BCUT2D eigenvalue weighted by Crippen LogP contribution is 2.23. The van der Waals surface area contributed by atoms with Crippen LogP contribution in [0.1, 0.15) is 45.6 Å². The lowest BCUT2D eigenvalue weighted by molar-refractivity contribution is -0.128. The molecule has 40 heavy (non-hydrogen) atoms. The Labute approximate surface area is 236 Å². The van der Waals surface area contributed by atoms with Crippen LogP contribution in [0, 0.1) is 5.92 Å². The van der Waals surface area contributed by atoms with E-state index in [1.165, 1.54) is 23.4 Å². The highest BCUT2D eigenvalue weighted by molar-refractivity contribution is 7.89. The molecule has 0 bridgehead atoms. The van der Waals surface area contributed by atoms with Crippen molar-refractivity contribution in [2.24, 2.45) is 5.92 Å². The number of aromatic amines is 1. The third-order valence-electron chi connectivity index (χ3n) is 6.71. The van der Waals surface area contributed by atoms with Crippen molar-refractivity contribution in [2.75, 3.05) is 25.4 Å². The molecule has 3 rings (SSSR count). The number of aliphatic hydroxyl groups excluding tert-OH is 1. The average Bonchev–Trinajstić information content (AvgIpc) is 3.32. The maximum atomic E-state index is 13.4. The summed E-state index contributed by atoms with van der Waals surface area (Å²) in [5, 5.41) is 16.8. The summed E-state index contributed by atoms with van der Waals surface area (Å²) in [4.78, 5) is 28.1. The van der Waals surface area contributed by atoms with Crippen LogP contribution in [0.25, 0.3) is 10.9 Å². The van der Waals surface area contributed by atoms with Crippen LogP contribution < -0.4 is 16.4 Å². The number of amides is 2. The van der Waals surface area contributed by atoms with Crippen LogP contribution in [0.4, 0.5) is 5.69 Å². The number of nitrogen functional groups attached to an aromatic ring is 1. The Kier molecular flexibility index (Phi) is 11.1. The molecule has 0 aliphatic rings. The van der Waals surface area contributed by atoms with Crippen molar-refractivity contribution >= 4 is 38.4 Å². The van der Waals surface area contributed by atoms with Crippen molar-refractivity contribution < 1.29 is 23.1 Å². The molecular formula is C29H41N5O5S. The van der Waals surface area contributed by atoms with Crippen LogP contribution in [0.3, 0.4) is 0 Å². The van der Waals surface area contributed by atoms with Crippen LogP contribution in [0.2, 0.25) is 0 Å². The third-order valence-corrected chi connectivity index (χ3v) is 8.64. The summed E-state index contributed by atoms with van der Waals surface area (Å²) in [7, 11) is -3.84. The molecule has 0 aliphatic carbocycles. The minimum Gasteiger partial charge on any atom is -0.399 e. The fraction of sp³-hybridized carbons (Fsp3) is 0.448. The number of H-pyrrole nitrogens is 1. The number of aromatic nitrogens is 1. The molecule has 2 aromatic carbocycles. The van der Waals surface area contributed by atoms with Crippen LogP contribution in [0.5, 0.6) is 0 Å². The predicted molar refractivity (Wildman–Crippen MR) is 157 cm³/mol. The van der Waals surface area contributed by atoms with Crippen molar-refractivity contribution in [3.05, 3.63) is 60.3 Å². The van der Waals surface area contributed by atoms with Crippen LogP contribution in [-0.4, -0.2) is 66.4 Å². The first kappa shape index (κ1) is 31.1. The van der Waals surface area contributed by atoms with Gasteiger partial charge in [-0.15, -0.1) is 0 Å². The molecule has 0 saturated carbocycles. The van der Waals surface area contributed by atoms with E-state index >= 15 is 0 Å². The number of sulfonamides is 1. The molecule has 1 aromatic heterocycles. The van der Waals surface area contributed by atoms with E-state index < -0.39 is 22.1 Å². The molecule has 0 fully saturated rings. The Balaban J connectivity index is 1.58. The van der Waals surface area contributed by atoms with E-state index in [2.05, 4.69) is 15.6 Å². The van der Waals surface area contributed by atoms with Crippen molar-refractivity contribution in [1.29, 1.82) is 0 Å². The van der Waals surface area contributed by atoms with E-state index in [0.717, 1.165) is 16.5 Å². The Morgan fingerprint density at radius 3 is 2.42 bits per heavy atom. The lowest BCUT2D eigenvalue weighted by Gasteiger charge is -2.31. The molecule has 3 aromatic rings. The second-order valence-corrected chi connectivity index (χ2v) is 12.4. The molecule has 0 unspecified atom stereocenters. The first-order valence-corrected chi connectivity index (χ1v) is 15.0. The minimum atomic E-state index is -3.84. The number of carbonyl (C=O) groups excluding carboxylic acids is 2. The molecule has 2 amide bonds. The van der Waals surface area contributed by atoms with Gasteiger partial charge in [0.15, 0.2) is 0 Å². The molecule has 6 N–H and O–H groups in total. The number of fused-ring (bicyclic) bond motifs is 1. The number of para-hydroxylation sites is 1. The smallest absolute Gasteiger partial charge is 0.243 e. The van der Waals surface area contributed by atoms with Crippen molar-refractivity contribution in [3.8, 4) is 0 Å². The van der Waals surface area contributed by atoms with Crippen LogP contribution in [0.15, 0.2) is 59.6 Å². The zero-order valence-corrected chi connectivity index (χ0v) is 24.2. The van der Waals surface area contributed by atoms with E-state index in [0.29, 0.717) is 37.9 Å². The average molecular weight is 572 g/mol. The van der Waals surface area contributed by atoms with Gasteiger partial charge in [0.1, 0.15) is 6.04 Å².